The number of pyridine rings is 1. The molecule has 1 aromatic carbocycles. The highest BCUT2D eigenvalue weighted by atomic mass is 127. The average molecular weight is 428 g/mol. The minimum atomic E-state index is 0. The Morgan fingerprint density at radius 3 is 2.83 bits per heavy atom. The Hall–Kier alpha value is -1.41. The summed E-state index contributed by atoms with van der Waals surface area (Å²) in [5, 5.41) is 7.71. The number of hydrogen-bond acceptors (Lipinski definition) is 3. The molecule has 1 heterocycles. The minimum Gasteiger partial charge on any atom is -0.385 e. The molecule has 2 rings (SSSR count). The summed E-state index contributed by atoms with van der Waals surface area (Å²) < 4.78 is 5.05. The largest absolute Gasteiger partial charge is 0.385 e. The summed E-state index contributed by atoms with van der Waals surface area (Å²) in [5.41, 5.74) is 2.15. The second-order valence-electron chi connectivity index (χ2n) is 4.96. The number of ether oxygens (including phenoxy) is 1. The standard InChI is InChI=1S/C17H24N4O.HI/c1-3-18-17(20-11-6-12-22-2)21-13-15-8-4-7-14-9-5-10-19-16(14)15;/h4-5,7-10H,3,6,11-13H2,1-2H3,(H2,18,20,21);1H. The summed E-state index contributed by atoms with van der Waals surface area (Å²) in [4.78, 5) is 9.11. The van der Waals surface area contributed by atoms with Gasteiger partial charge < -0.3 is 15.4 Å². The molecule has 0 atom stereocenters. The van der Waals surface area contributed by atoms with Crippen LogP contribution in [0.5, 0.6) is 0 Å². The molecule has 0 spiro atoms. The van der Waals surface area contributed by atoms with E-state index in [9.17, 15) is 0 Å². The molecule has 0 amide bonds. The normalized spacial score (nSPS) is 11.1. The Kier molecular flexibility index (Phi) is 9.54. The lowest BCUT2D eigenvalue weighted by Gasteiger charge is -2.11. The Balaban J connectivity index is 0.00000264. The molecule has 0 unspecified atom stereocenters. The van der Waals surface area contributed by atoms with Gasteiger partial charge in [-0.3, -0.25) is 4.98 Å². The van der Waals surface area contributed by atoms with Gasteiger partial charge in [0.05, 0.1) is 12.1 Å². The van der Waals surface area contributed by atoms with Gasteiger partial charge >= 0.3 is 0 Å². The molecule has 0 saturated heterocycles. The van der Waals surface area contributed by atoms with Crippen molar-refractivity contribution in [2.24, 2.45) is 4.99 Å². The monoisotopic (exact) mass is 428 g/mol. The molecule has 0 saturated carbocycles. The highest BCUT2D eigenvalue weighted by Gasteiger charge is 2.02. The third-order valence-corrected chi connectivity index (χ3v) is 3.29. The number of aliphatic imine (C=N–C) groups is 1. The lowest BCUT2D eigenvalue weighted by molar-refractivity contribution is 0.195. The summed E-state index contributed by atoms with van der Waals surface area (Å²) in [7, 11) is 1.72. The number of fused-ring (bicyclic) bond motifs is 1. The Morgan fingerprint density at radius 1 is 1.22 bits per heavy atom. The smallest absolute Gasteiger partial charge is 0.191 e. The van der Waals surface area contributed by atoms with Crippen molar-refractivity contribution in [1.29, 1.82) is 0 Å². The summed E-state index contributed by atoms with van der Waals surface area (Å²) in [5.74, 6) is 0.825. The van der Waals surface area contributed by atoms with Gasteiger partial charge in [0.2, 0.25) is 0 Å². The topological polar surface area (TPSA) is 58.5 Å². The van der Waals surface area contributed by atoms with Crippen molar-refractivity contribution in [2.45, 2.75) is 19.9 Å². The van der Waals surface area contributed by atoms with Crippen molar-refractivity contribution in [3.63, 3.8) is 0 Å². The number of halogens is 1. The molecule has 2 N–H and O–H groups in total. The lowest BCUT2D eigenvalue weighted by atomic mass is 10.1. The second kappa shape index (κ2) is 11.2. The van der Waals surface area contributed by atoms with Crippen molar-refractivity contribution in [3.05, 3.63) is 42.1 Å². The van der Waals surface area contributed by atoms with Crippen LogP contribution in [-0.4, -0.2) is 37.7 Å². The van der Waals surface area contributed by atoms with Crippen molar-refractivity contribution < 1.29 is 4.74 Å². The maximum atomic E-state index is 5.05. The SMILES string of the molecule is CCNC(=NCc1cccc2cccnc12)NCCCOC.I. The second-order valence-corrected chi connectivity index (χ2v) is 4.96. The first-order valence-corrected chi connectivity index (χ1v) is 7.69. The van der Waals surface area contributed by atoms with Crippen LogP contribution in [0.3, 0.4) is 0 Å². The summed E-state index contributed by atoms with van der Waals surface area (Å²) >= 11 is 0. The summed E-state index contributed by atoms with van der Waals surface area (Å²) in [6, 6.07) is 10.2. The van der Waals surface area contributed by atoms with Crippen molar-refractivity contribution in [2.75, 3.05) is 26.8 Å². The number of guanidine groups is 1. The first-order valence-electron chi connectivity index (χ1n) is 7.69. The maximum absolute atomic E-state index is 5.05. The van der Waals surface area contributed by atoms with Crippen LogP contribution in [0.25, 0.3) is 10.9 Å². The van der Waals surface area contributed by atoms with E-state index in [4.69, 9.17) is 4.74 Å². The molecule has 126 valence electrons. The molecular formula is C17H25IN4O. The van der Waals surface area contributed by atoms with E-state index in [0.29, 0.717) is 6.54 Å². The van der Waals surface area contributed by atoms with Gasteiger partial charge in [-0.15, -0.1) is 24.0 Å². The summed E-state index contributed by atoms with van der Waals surface area (Å²) in [6.45, 7) is 5.09. The molecule has 2 aromatic rings. The van der Waals surface area contributed by atoms with Crippen LogP contribution < -0.4 is 10.6 Å². The Morgan fingerprint density at radius 2 is 2.04 bits per heavy atom. The average Bonchev–Trinajstić information content (AvgIpc) is 2.56. The van der Waals surface area contributed by atoms with Crippen LogP contribution in [-0.2, 0) is 11.3 Å². The Labute approximate surface area is 155 Å². The van der Waals surface area contributed by atoms with Gasteiger partial charge in [-0.1, -0.05) is 24.3 Å². The molecule has 0 radical (unpaired) electrons. The highest BCUT2D eigenvalue weighted by Crippen LogP contribution is 2.16. The quantitative estimate of drug-likeness (QED) is 0.308. The molecule has 0 bridgehead atoms. The molecule has 0 aliphatic carbocycles. The molecule has 0 aliphatic rings. The van der Waals surface area contributed by atoms with Gasteiger partial charge in [0.1, 0.15) is 0 Å². The number of aromatic nitrogens is 1. The van der Waals surface area contributed by atoms with Crippen LogP contribution in [0.4, 0.5) is 0 Å². The minimum absolute atomic E-state index is 0. The third-order valence-electron chi connectivity index (χ3n) is 3.29. The molecule has 0 fully saturated rings. The number of nitrogens with one attached hydrogen (secondary N) is 2. The van der Waals surface area contributed by atoms with Crippen LogP contribution in [0.2, 0.25) is 0 Å². The van der Waals surface area contributed by atoms with E-state index in [1.165, 1.54) is 0 Å². The van der Waals surface area contributed by atoms with Gasteiger partial charge in [-0.25, -0.2) is 4.99 Å². The molecule has 6 heteroatoms. The van der Waals surface area contributed by atoms with Crippen molar-refractivity contribution in [1.82, 2.24) is 15.6 Å². The van der Waals surface area contributed by atoms with Crippen LogP contribution >= 0.6 is 24.0 Å². The zero-order valence-electron chi connectivity index (χ0n) is 13.7. The van der Waals surface area contributed by atoms with Crippen LogP contribution in [0.15, 0.2) is 41.5 Å². The van der Waals surface area contributed by atoms with Gasteiger partial charge in [0, 0.05) is 38.4 Å². The van der Waals surface area contributed by atoms with E-state index in [1.54, 1.807) is 7.11 Å². The fraction of sp³-hybridized carbons (Fsp3) is 0.412. The van der Waals surface area contributed by atoms with Gasteiger partial charge in [-0.05, 0) is 25.0 Å². The van der Waals surface area contributed by atoms with Crippen molar-refractivity contribution >= 4 is 40.8 Å². The highest BCUT2D eigenvalue weighted by molar-refractivity contribution is 14.0. The fourth-order valence-electron chi connectivity index (χ4n) is 2.22. The molecule has 23 heavy (non-hydrogen) atoms. The first kappa shape index (κ1) is 19.6. The molecular weight excluding hydrogens is 403 g/mol. The van der Waals surface area contributed by atoms with Crippen LogP contribution in [0.1, 0.15) is 18.9 Å². The number of rotatable bonds is 7. The van der Waals surface area contributed by atoms with E-state index in [1.807, 2.05) is 18.3 Å². The number of methoxy groups -OCH3 is 1. The van der Waals surface area contributed by atoms with Gasteiger partial charge in [0.15, 0.2) is 5.96 Å². The molecule has 5 nitrogen and oxygen atoms in total. The van der Waals surface area contributed by atoms with E-state index >= 15 is 0 Å². The number of hydrogen-bond donors (Lipinski definition) is 2. The van der Waals surface area contributed by atoms with Crippen molar-refractivity contribution in [3.8, 4) is 0 Å². The number of para-hydroxylation sites is 1. The van der Waals surface area contributed by atoms with Crippen LogP contribution in [0, 0.1) is 0 Å². The third kappa shape index (κ3) is 6.31. The van der Waals surface area contributed by atoms with E-state index < -0.39 is 0 Å². The lowest BCUT2D eigenvalue weighted by Crippen LogP contribution is -2.38. The number of nitrogens with zero attached hydrogens (tertiary/aromatic N) is 2. The van der Waals surface area contributed by atoms with Gasteiger partial charge in [0.25, 0.3) is 0 Å². The zero-order valence-corrected chi connectivity index (χ0v) is 16.0. The molecule has 0 aliphatic heterocycles. The van der Waals surface area contributed by atoms with E-state index in [-0.39, 0.29) is 24.0 Å². The van der Waals surface area contributed by atoms with E-state index in [0.717, 1.165) is 48.5 Å². The zero-order chi connectivity index (χ0) is 15.6. The predicted molar refractivity (Wildman–Crippen MR) is 106 cm³/mol. The Bertz CT molecular complexity index is 613. The fourth-order valence-corrected chi connectivity index (χ4v) is 2.22. The molecule has 1 aromatic heterocycles. The predicted octanol–water partition coefficient (Wildman–Crippen LogP) is 2.94. The van der Waals surface area contributed by atoms with Gasteiger partial charge in [-0.2, -0.15) is 0 Å². The number of benzene rings is 1. The first-order chi connectivity index (χ1) is 10.8. The summed E-state index contributed by atoms with van der Waals surface area (Å²) in [6.07, 6.45) is 2.78. The maximum Gasteiger partial charge on any atom is 0.191 e. The van der Waals surface area contributed by atoms with E-state index in [2.05, 4.69) is 45.7 Å².